The van der Waals surface area contributed by atoms with Crippen LogP contribution in [0.15, 0.2) is 12.3 Å². The fraction of sp³-hybridized carbons (Fsp3) is 0.583. The topological polar surface area (TPSA) is 42.2 Å². The molecule has 1 unspecified atom stereocenters. The molecule has 1 saturated heterocycles. The van der Waals surface area contributed by atoms with Gasteiger partial charge in [0.25, 0.3) is 0 Å². The van der Waals surface area contributed by atoms with Crippen LogP contribution in [0.25, 0.3) is 0 Å². The molecule has 2 N–H and O–H groups in total. The number of halogens is 3. The highest BCUT2D eigenvalue weighted by Gasteiger charge is 2.42. The summed E-state index contributed by atoms with van der Waals surface area (Å²) < 4.78 is 38.1. The number of piperidine rings is 1. The minimum absolute atomic E-state index is 0.0288. The van der Waals surface area contributed by atoms with Gasteiger partial charge in [-0.3, -0.25) is 0 Å². The monoisotopic (exact) mass is 259 g/mol. The van der Waals surface area contributed by atoms with Crippen molar-refractivity contribution in [3.8, 4) is 0 Å². The molecule has 3 nitrogen and oxygen atoms in total. The summed E-state index contributed by atoms with van der Waals surface area (Å²) in [6.45, 7) is 2.39. The van der Waals surface area contributed by atoms with Crippen molar-refractivity contribution in [1.29, 1.82) is 0 Å². The molecular weight excluding hydrogens is 243 g/mol. The molecule has 6 heteroatoms. The van der Waals surface area contributed by atoms with Gasteiger partial charge in [0.05, 0.1) is 5.92 Å². The first kappa shape index (κ1) is 13.0. The molecule has 0 bridgehead atoms. The van der Waals surface area contributed by atoms with E-state index in [0.717, 1.165) is 5.56 Å². The van der Waals surface area contributed by atoms with Gasteiger partial charge in [0, 0.05) is 31.0 Å². The first-order valence-corrected chi connectivity index (χ1v) is 5.91. The maximum Gasteiger partial charge on any atom is 0.393 e. The van der Waals surface area contributed by atoms with Crippen molar-refractivity contribution in [2.75, 3.05) is 23.7 Å². The maximum atomic E-state index is 12.7. The second kappa shape index (κ2) is 4.66. The van der Waals surface area contributed by atoms with Crippen LogP contribution in [0, 0.1) is 12.8 Å². The van der Waals surface area contributed by atoms with Crippen LogP contribution in [0.4, 0.5) is 24.7 Å². The predicted molar refractivity (Wildman–Crippen MR) is 64.4 cm³/mol. The van der Waals surface area contributed by atoms with Gasteiger partial charge >= 0.3 is 6.18 Å². The third-order valence-electron chi connectivity index (χ3n) is 3.34. The second-order valence-corrected chi connectivity index (χ2v) is 4.73. The first-order valence-electron chi connectivity index (χ1n) is 5.91. The molecule has 0 spiro atoms. The van der Waals surface area contributed by atoms with E-state index in [1.165, 1.54) is 0 Å². The fourth-order valence-corrected chi connectivity index (χ4v) is 2.15. The normalized spacial score (nSPS) is 21.1. The number of nitrogens with zero attached hydrogens (tertiary/aromatic N) is 2. The molecule has 0 aliphatic carbocycles. The number of pyridine rings is 1. The smallest absolute Gasteiger partial charge is 0.393 e. The Balaban J connectivity index is 2.15. The standard InChI is InChI=1S/C12H16F3N3/c1-8-6-17-11(5-10(8)16)18-4-2-3-9(7-18)12(13,14)15/h5-6,9H,2-4,7H2,1H3,(H2,16,17). The van der Waals surface area contributed by atoms with E-state index in [4.69, 9.17) is 5.73 Å². The van der Waals surface area contributed by atoms with E-state index in [9.17, 15) is 13.2 Å². The van der Waals surface area contributed by atoms with Gasteiger partial charge in [0.15, 0.2) is 0 Å². The Morgan fingerprint density at radius 3 is 2.78 bits per heavy atom. The molecule has 1 aromatic rings. The van der Waals surface area contributed by atoms with Crippen molar-refractivity contribution < 1.29 is 13.2 Å². The lowest BCUT2D eigenvalue weighted by atomic mass is 9.97. The molecule has 100 valence electrons. The Bertz CT molecular complexity index is 431. The minimum atomic E-state index is -4.13. The molecule has 2 rings (SSSR count). The number of hydrogen-bond donors (Lipinski definition) is 1. The number of hydrogen-bond acceptors (Lipinski definition) is 3. The Hall–Kier alpha value is -1.46. The third kappa shape index (κ3) is 2.68. The average molecular weight is 259 g/mol. The maximum absolute atomic E-state index is 12.7. The Morgan fingerprint density at radius 1 is 1.44 bits per heavy atom. The SMILES string of the molecule is Cc1cnc(N2CCCC(C(F)(F)F)C2)cc1N. The van der Waals surface area contributed by atoms with Gasteiger partial charge in [-0.15, -0.1) is 0 Å². The van der Waals surface area contributed by atoms with E-state index in [-0.39, 0.29) is 13.0 Å². The molecule has 2 heterocycles. The summed E-state index contributed by atoms with van der Waals surface area (Å²) >= 11 is 0. The number of nitrogen functional groups attached to an aromatic ring is 1. The lowest BCUT2D eigenvalue weighted by molar-refractivity contribution is -0.176. The molecule has 1 aliphatic heterocycles. The first-order chi connectivity index (χ1) is 8.38. The summed E-state index contributed by atoms with van der Waals surface area (Å²) in [6.07, 6.45) is -1.81. The Kier molecular flexibility index (Phi) is 3.36. The van der Waals surface area contributed by atoms with Crippen LogP contribution in [-0.4, -0.2) is 24.2 Å². The van der Waals surface area contributed by atoms with E-state index in [0.29, 0.717) is 24.5 Å². The lowest BCUT2D eigenvalue weighted by Gasteiger charge is -2.34. The molecule has 1 aromatic heterocycles. The number of anilines is 2. The fourth-order valence-electron chi connectivity index (χ4n) is 2.15. The molecular formula is C12H16F3N3. The zero-order valence-corrected chi connectivity index (χ0v) is 10.2. The molecule has 0 aromatic carbocycles. The van der Waals surface area contributed by atoms with Gasteiger partial charge in [-0.05, 0) is 25.3 Å². The van der Waals surface area contributed by atoms with Crippen LogP contribution in [0.1, 0.15) is 18.4 Å². The van der Waals surface area contributed by atoms with Crippen LogP contribution >= 0.6 is 0 Å². The van der Waals surface area contributed by atoms with E-state index in [1.807, 2.05) is 6.92 Å². The highest BCUT2D eigenvalue weighted by molar-refractivity contribution is 5.54. The molecule has 18 heavy (non-hydrogen) atoms. The zero-order valence-electron chi connectivity index (χ0n) is 10.2. The number of aromatic nitrogens is 1. The number of rotatable bonds is 1. The Labute approximate surface area is 104 Å². The van der Waals surface area contributed by atoms with Crippen LogP contribution in [0.2, 0.25) is 0 Å². The van der Waals surface area contributed by atoms with Crippen LogP contribution in [0.3, 0.4) is 0 Å². The van der Waals surface area contributed by atoms with Gasteiger partial charge in [0.2, 0.25) is 0 Å². The number of nitrogens with two attached hydrogens (primary N) is 1. The third-order valence-corrected chi connectivity index (χ3v) is 3.34. The highest BCUT2D eigenvalue weighted by Crippen LogP contribution is 2.34. The van der Waals surface area contributed by atoms with Gasteiger partial charge in [-0.2, -0.15) is 13.2 Å². The molecule has 0 amide bonds. The molecule has 0 saturated carbocycles. The van der Waals surface area contributed by atoms with Gasteiger partial charge in [-0.1, -0.05) is 0 Å². The summed E-state index contributed by atoms with van der Waals surface area (Å²) in [7, 11) is 0. The van der Waals surface area contributed by atoms with Crippen molar-refractivity contribution >= 4 is 11.5 Å². The molecule has 1 aliphatic rings. The lowest BCUT2D eigenvalue weighted by Crippen LogP contribution is -2.42. The van der Waals surface area contributed by atoms with Crippen molar-refractivity contribution in [1.82, 2.24) is 4.98 Å². The van der Waals surface area contributed by atoms with Gasteiger partial charge in [0.1, 0.15) is 5.82 Å². The second-order valence-electron chi connectivity index (χ2n) is 4.73. The van der Waals surface area contributed by atoms with Crippen LogP contribution < -0.4 is 10.6 Å². The van der Waals surface area contributed by atoms with Crippen molar-refractivity contribution in [2.45, 2.75) is 25.9 Å². The summed E-state index contributed by atoms with van der Waals surface area (Å²) in [4.78, 5) is 5.82. The van der Waals surface area contributed by atoms with Crippen molar-refractivity contribution in [3.63, 3.8) is 0 Å². The van der Waals surface area contributed by atoms with E-state index in [2.05, 4.69) is 4.98 Å². The summed E-state index contributed by atoms with van der Waals surface area (Å²) in [6, 6.07) is 1.65. The van der Waals surface area contributed by atoms with E-state index >= 15 is 0 Å². The molecule has 0 radical (unpaired) electrons. The van der Waals surface area contributed by atoms with Crippen molar-refractivity contribution in [2.24, 2.45) is 5.92 Å². The van der Waals surface area contributed by atoms with Gasteiger partial charge < -0.3 is 10.6 Å². The van der Waals surface area contributed by atoms with E-state index < -0.39 is 12.1 Å². The Morgan fingerprint density at radius 2 is 2.17 bits per heavy atom. The summed E-state index contributed by atoms with van der Waals surface area (Å²) in [5.41, 5.74) is 7.16. The van der Waals surface area contributed by atoms with Crippen LogP contribution in [0.5, 0.6) is 0 Å². The van der Waals surface area contributed by atoms with Crippen molar-refractivity contribution in [3.05, 3.63) is 17.8 Å². The highest BCUT2D eigenvalue weighted by atomic mass is 19.4. The number of aryl methyl sites for hydroxylation is 1. The van der Waals surface area contributed by atoms with Crippen LogP contribution in [-0.2, 0) is 0 Å². The summed E-state index contributed by atoms with van der Waals surface area (Å²) in [5.74, 6) is -0.734. The molecule has 1 atom stereocenters. The minimum Gasteiger partial charge on any atom is -0.398 e. The number of alkyl halides is 3. The molecule has 1 fully saturated rings. The van der Waals surface area contributed by atoms with E-state index in [1.54, 1.807) is 17.2 Å². The predicted octanol–water partition coefficient (Wildman–Crippen LogP) is 2.75. The zero-order chi connectivity index (χ0) is 13.3. The summed E-state index contributed by atoms with van der Waals surface area (Å²) in [5, 5.41) is 0. The largest absolute Gasteiger partial charge is 0.398 e. The quantitative estimate of drug-likeness (QED) is 0.843. The average Bonchev–Trinajstić information content (AvgIpc) is 2.32. The van der Waals surface area contributed by atoms with Gasteiger partial charge in [-0.25, -0.2) is 4.98 Å².